The zero-order valence-electron chi connectivity index (χ0n) is 42.7. The monoisotopic (exact) mass is 889 g/mol. The van der Waals surface area contributed by atoms with Crippen molar-refractivity contribution in [2.24, 2.45) is 0 Å². The molecule has 0 unspecified atom stereocenters. The molecule has 0 atom stereocenters. The number of fused-ring (bicyclic) bond motifs is 8. The molecule has 0 radical (unpaired) electrons. The van der Waals surface area contributed by atoms with Gasteiger partial charge in [0.25, 0.3) is 6.71 Å². The Labute approximate surface area is 402 Å². The van der Waals surface area contributed by atoms with Crippen molar-refractivity contribution < 1.29 is 0 Å². The van der Waals surface area contributed by atoms with Gasteiger partial charge in [-0.1, -0.05) is 145 Å². The van der Waals surface area contributed by atoms with E-state index in [1.54, 1.807) is 21.5 Å². The van der Waals surface area contributed by atoms with Crippen molar-refractivity contribution in [2.45, 2.75) is 181 Å². The molecular formula is C62H73BN2S. The van der Waals surface area contributed by atoms with E-state index in [-0.39, 0.29) is 39.2 Å². The zero-order valence-corrected chi connectivity index (χ0v) is 43.5. The minimum atomic E-state index is 0.0347. The van der Waals surface area contributed by atoms with Crippen molar-refractivity contribution >= 4 is 67.9 Å². The van der Waals surface area contributed by atoms with E-state index in [2.05, 4.69) is 209 Å². The summed E-state index contributed by atoms with van der Waals surface area (Å²) >= 11 is 2.11. The van der Waals surface area contributed by atoms with Crippen molar-refractivity contribution in [3.05, 3.63) is 135 Å². The largest absolute Gasteiger partial charge is 0.311 e. The van der Waals surface area contributed by atoms with Crippen molar-refractivity contribution in [1.82, 2.24) is 0 Å². The van der Waals surface area contributed by atoms with Gasteiger partial charge in [-0.05, 0) is 193 Å². The number of rotatable bonds is 3. The minimum Gasteiger partial charge on any atom is -0.311 e. The molecule has 2 aliphatic heterocycles. The highest BCUT2D eigenvalue weighted by molar-refractivity contribution is 7.20. The van der Waals surface area contributed by atoms with E-state index in [0.29, 0.717) is 0 Å². The molecule has 3 heterocycles. The Bertz CT molecular complexity index is 2940. The highest BCUT2D eigenvalue weighted by Gasteiger charge is 2.52. The van der Waals surface area contributed by atoms with Gasteiger partial charge >= 0.3 is 0 Å². The first-order chi connectivity index (χ1) is 30.9. The quantitative estimate of drug-likeness (QED) is 0.163. The van der Waals surface area contributed by atoms with Crippen LogP contribution < -0.4 is 26.2 Å². The van der Waals surface area contributed by atoms with E-state index in [9.17, 15) is 0 Å². The lowest BCUT2D eigenvalue weighted by molar-refractivity contribution is 0.332. The predicted octanol–water partition coefficient (Wildman–Crippen LogP) is 15.7. The smallest absolute Gasteiger partial charge is 0.253 e. The maximum atomic E-state index is 2.74. The normalized spacial score (nSPS) is 19.6. The topological polar surface area (TPSA) is 6.48 Å². The van der Waals surface area contributed by atoms with Crippen LogP contribution in [0.25, 0.3) is 11.1 Å². The number of thiophene rings is 1. The molecule has 3 aliphatic carbocycles. The van der Waals surface area contributed by atoms with Gasteiger partial charge in [-0.25, -0.2) is 0 Å². The van der Waals surface area contributed by atoms with Gasteiger partial charge in [-0.2, -0.15) is 0 Å². The maximum absolute atomic E-state index is 2.74. The van der Waals surface area contributed by atoms with Gasteiger partial charge in [0, 0.05) is 33.3 Å². The van der Waals surface area contributed by atoms with Crippen LogP contribution >= 0.6 is 11.3 Å². The maximum Gasteiger partial charge on any atom is 0.253 e. The molecule has 0 saturated carbocycles. The summed E-state index contributed by atoms with van der Waals surface area (Å²) in [6.45, 7) is 34.3. The third-order valence-electron chi connectivity index (χ3n) is 17.2. The van der Waals surface area contributed by atoms with Crippen molar-refractivity contribution in [3.8, 4) is 11.1 Å². The molecule has 66 heavy (non-hydrogen) atoms. The van der Waals surface area contributed by atoms with E-state index in [1.165, 1.54) is 135 Å². The van der Waals surface area contributed by atoms with Crippen LogP contribution in [0.4, 0.5) is 33.4 Å². The first kappa shape index (κ1) is 44.0. The molecule has 0 fully saturated rings. The van der Waals surface area contributed by atoms with Gasteiger partial charge in [0.15, 0.2) is 0 Å². The number of aryl methyl sites for hydroxylation is 2. The summed E-state index contributed by atoms with van der Waals surface area (Å²) in [4.78, 5) is 7.02. The summed E-state index contributed by atoms with van der Waals surface area (Å²) < 4.78 is 0. The van der Waals surface area contributed by atoms with E-state index in [1.807, 2.05) is 0 Å². The molecule has 340 valence electrons. The molecule has 0 saturated heterocycles. The van der Waals surface area contributed by atoms with Crippen molar-refractivity contribution in [3.63, 3.8) is 0 Å². The second-order valence-corrected chi connectivity index (χ2v) is 26.8. The van der Waals surface area contributed by atoms with Crippen LogP contribution in [0.1, 0.15) is 179 Å². The van der Waals surface area contributed by atoms with Gasteiger partial charge in [-0.15, -0.1) is 11.3 Å². The second-order valence-electron chi connectivity index (χ2n) is 25.8. The molecule has 1 aromatic heterocycles. The van der Waals surface area contributed by atoms with Crippen molar-refractivity contribution in [2.75, 3.05) is 9.80 Å². The summed E-state index contributed by atoms with van der Waals surface area (Å²) in [7, 11) is 0. The SMILES string of the molecule is CC(C)(C)c1ccc(N2c3cc4c(cc3B3c5c2cc(-c2ccc6c(c2)CCCC6)cc5N(c2ccc(C(C)(C)C)cc2)c2sc5c(c23)C(C)(C)CCC5(C)C)C(C)(C)CCC4(C)C)cc1. The summed E-state index contributed by atoms with van der Waals surface area (Å²) in [5, 5.41) is 1.42. The standard InChI is InChI=1S/C62H73BN2S/c1-57(2,3)42-21-25-44(26-22-42)64-49-37-47-46(59(7,8)29-30-60(47,9)10)36-48(49)63-53-50(64)34-41(40-20-19-38-17-15-16-18-39(38)33-40)35-51(53)65(45-27-23-43(24-28-45)58(4,5)6)56-54(63)52-55(66-56)62(13,14)32-31-61(52,11)12/h19-28,33-37H,15-18,29-32H2,1-14H3. The Morgan fingerprint density at radius 1 is 0.485 bits per heavy atom. The molecule has 0 bridgehead atoms. The van der Waals surface area contributed by atoms with Crippen LogP contribution in [0, 0.1) is 0 Å². The fourth-order valence-electron chi connectivity index (χ4n) is 12.7. The van der Waals surface area contributed by atoms with E-state index in [0.717, 1.165) is 0 Å². The van der Waals surface area contributed by atoms with Gasteiger partial charge in [0.2, 0.25) is 0 Å². The average molecular weight is 889 g/mol. The fourth-order valence-corrected chi connectivity index (χ4v) is 14.4. The Morgan fingerprint density at radius 3 is 1.59 bits per heavy atom. The molecule has 0 amide bonds. The molecule has 2 nitrogen and oxygen atoms in total. The van der Waals surface area contributed by atoms with E-state index >= 15 is 0 Å². The third kappa shape index (κ3) is 6.76. The number of anilines is 6. The lowest BCUT2D eigenvalue weighted by Gasteiger charge is -2.48. The first-order valence-corrected chi connectivity index (χ1v) is 26.2. The Kier molecular flexibility index (Phi) is 9.66. The van der Waals surface area contributed by atoms with Crippen LogP contribution in [0.15, 0.2) is 91.0 Å². The molecule has 0 N–H and O–H groups in total. The average Bonchev–Trinajstić information content (AvgIpc) is 3.69. The number of hydrogen-bond acceptors (Lipinski definition) is 3. The highest BCUT2D eigenvalue weighted by atomic mass is 32.1. The van der Waals surface area contributed by atoms with Crippen LogP contribution in [0.2, 0.25) is 0 Å². The highest BCUT2D eigenvalue weighted by Crippen LogP contribution is 2.56. The molecule has 4 heteroatoms. The second kappa shape index (κ2) is 14.5. The zero-order chi connectivity index (χ0) is 46.7. The summed E-state index contributed by atoms with van der Waals surface area (Å²) in [6.07, 6.45) is 9.69. The van der Waals surface area contributed by atoms with Crippen LogP contribution in [0.3, 0.4) is 0 Å². The summed E-state index contributed by atoms with van der Waals surface area (Å²) in [6, 6.07) is 37.3. The lowest BCUT2D eigenvalue weighted by atomic mass is 9.32. The molecular weight excluding hydrogens is 816 g/mol. The van der Waals surface area contributed by atoms with Gasteiger partial charge < -0.3 is 9.80 Å². The first-order valence-electron chi connectivity index (χ1n) is 25.4. The summed E-state index contributed by atoms with van der Waals surface area (Å²) in [5.74, 6) is 0. The minimum absolute atomic E-state index is 0.0347. The van der Waals surface area contributed by atoms with Gasteiger partial charge in [0.1, 0.15) is 0 Å². The van der Waals surface area contributed by atoms with E-state index in [4.69, 9.17) is 0 Å². The van der Waals surface area contributed by atoms with Gasteiger partial charge in [-0.3, -0.25) is 0 Å². The number of nitrogens with zero attached hydrogens (tertiary/aromatic N) is 2. The molecule has 6 aromatic rings. The Hall–Kier alpha value is -4.54. The van der Waals surface area contributed by atoms with Crippen molar-refractivity contribution in [1.29, 1.82) is 0 Å². The summed E-state index contributed by atoms with van der Waals surface area (Å²) in [5.41, 5.74) is 24.5. The fraction of sp³-hybridized carbons (Fsp3) is 0.452. The number of benzene rings is 5. The molecule has 11 rings (SSSR count). The Morgan fingerprint density at radius 2 is 1.00 bits per heavy atom. The van der Waals surface area contributed by atoms with Gasteiger partial charge in [0.05, 0.1) is 5.00 Å². The molecule has 5 aromatic carbocycles. The molecule has 5 aliphatic rings. The predicted molar refractivity (Wildman–Crippen MR) is 288 cm³/mol. The van der Waals surface area contributed by atoms with Crippen LogP contribution in [-0.2, 0) is 45.3 Å². The Balaban J connectivity index is 1.29. The van der Waals surface area contributed by atoms with Crippen LogP contribution in [0.5, 0.6) is 0 Å². The van der Waals surface area contributed by atoms with Crippen LogP contribution in [-0.4, -0.2) is 6.71 Å². The lowest BCUT2D eigenvalue weighted by Crippen LogP contribution is -2.63. The molecule has 0 spiro atoms. The number of hydrogen-bond donors (Lipinski definition) is 0. The van der Waals surface area contributed by atoms with E-state index < -0.39 is 0 Å². The third-order valence-corrected chi connectivity index (χ3v) is 18.8.